The van der Waals surface area contributed by atoms with E-state index in [-0.39, 0.29) is 30.7 Å². The van der Waals surface area contributed by atoms with Crippen LogP contribution in [-0.4, -0.2) is 42.5 Å². The second kappa shape index (κ2) is 9.81. The molecule has 0 aromatic heterocycles. The van der Waals surface area contributed by atoms with E-state index in [2.05, 4.69) is 31.1 Å². The van der Waals surface area contributed by atoms with Crippen LogP contribution in [0.4, 0.5) is 0 Å². The van der Waals surface area contributed by atoms with Crippen molar-refractivity contribution in [1.29, 1.82) is 0 Å². The maximum atomic E-state index is 11.9. The molecule has 0 aromatic carbocycles. The Bertz CT molecular complexity index is 258. The molecule has 1 amide bonds. The third-order valence-electron chi connectivity index (χ3n) is 4.04. The summed E-state index contributed by atoms with van der Waals surface area (Å²) in [6.07, 6.45) is 4.96. The van der Waals surface area contributed by atoms with E-state index in [0.29, 0.717) is 12.6 Å². The standard InChI is InChI=1S/C13H27N3O.2ClH/c1-4-11(2)16(3)10-9-15-12(17)13(14)7-5-6-8-13;;/h11H,4-10,14H2,1-3H3,(H,15,17);2*1H. The van der Waals surface area contributed by atoms with E-state index in [1.165, 1.54) is 0 Å². The zero-order chi connectivity index (χ0) is 12.9. The summed E-state index contributed by atoms with van der Waals surface area (Å²) >= 11 is 0. The average molecular weight is 314 g/mol. The summed E-state index contributed by atoms with van der Waals surface area (Å²) < 4.78 is 0. The van der Waals surface area contributed by atoms with Crippen molar-refractivity contribution < 1.29 is 4.79 Å². The maximum absolute atomic E-state index is 11.9. The number of amides is 1. The first-order valence-electron chi connectivity index (χ1n) is 6.77. The monoisotopic (exact) mass is 313 g/mol. The van der Waals surface area contributed by atoms with Crippen molar-refractivity contribution >= 4 is 30.7 Å². The lowest BCUT2D eigenvalue weighted by Crippen LogP contribution is -2.53. The number of carbonyl (C=O) groups excluding carboxylic acids is 1. The van der Waals surface area contributed by atoms with Gasteiger partial charge in [0.2, 0.25) is 5.91 Å². The minimum absolute atomic E-state index is 0. The number of halogens is 2. The molecular formula is C13H29Cl2N3O. The van der Waals surface area contributed by atoms with Gasteiger partial charge in [-0.15, -0.1) is 24.8 Å². The van der Waals surface area contributed by atoms with Crippen molar-refractivity contribution in [3.05, 3.63) is 0 Å². The van der Waals surface area contributed by atoms with Gasteiger partial charge in [-0.05, 0) is 33.2 Å². The highest BCUT2D eigenvalue weighted by Gasteiger charge is 2.36. The molecule has 19 heavy (non-hydrogen) atoms. The highest BCUT2D eigenvalue weighted by molar-refractivity contribution is 5.86. The molecule has 1 atom stereocenters. The molecule has 0 heterocycles. The van der Waals surface area contributed by atoms with Crippen LogP contribution in [0, 0.1) is 0 Å². The number of likely N-dealkylation sites (N-methyl/N-ethyl adjacent to an activating group) is 1. The molecule has 116 valence electrons. The number of carbonyl (C=O) groups is 1. The van der Waals surface area contributed by atoms with Crippen molar-refractivity contribution in [3.8, 4) is 0 Å². The summed E-state index contributed by atoms with van der Waals surface area (Å²) in [5, 5.41) is 2.97. The van der Waals surface area contributed by atoms with Gasteiger partial charge in [-0.1, -0.05) is 19.8 Å². The van der Waals surface area contributed by atoms with Crippen LogP contribution < -0.4 is 11.1 Å². The Morgan fingerprint density at radius 2 is 1.89 bits per heavy atom. The lowest BCUT2D eigenvalue weighted by molar-refractivity contribution is -0.126. The molecule has 0 aromatic rings. The van der Waals surface area contributed by atoms with Gasteiger partial charge in [0.05, 0.1) is 5.54 Å². The van der Waals surface area contributed by atoms with E-state index in [4.69, 9.17) is 5.73 Å². The molecule has 0 spiro atoms. The number of nitrogens with two attached hydrogens (primary N) is 1. The number of nitrogens with zero attached hydrogens (tertiary/aromatic N) is 1. The van der Waals surface area contributed by atoms with Crippen LogP contribution in [0.15, 0.2) is 0 Å². The van der Waals surface area contributed by atoms with Gasteiger partial charge in [-0.2, -0.15) is 0 Å². The Morgan fingerprint density at radius 3 is 2.37 bits per heavy atom. The van der Waals surface area contributed by atoms with E-state index in [1.54, 1.807) is 0 Å². The molecule has 1 rings (SSSR count). The molecule has 3 N–H and O–H groups in total. The van der Waals surface area contributed by atoms with Gasteiger partial charge in [0.25, 0.3) is 0 Å². The SMILES string of the molecule is CCC(C)N(C)CCNC(=O)C1(N)CCCC1.Cl.Cl. The van der Waals surface area contributed by atoms with Crippen molar-refractivity contribution in [1.82, 2.24) is 10.2 Å². The van der Waals surface area contributed by atoms with Gasteiger partial charge in [0, 0.05) is 19.1 Å². The second-order valence-corrected chi connectivity index (χ2v) is 5.36. The van der Waals surface area contributed by atoms with Crippen molar-refractivity contribution in [3.63, 3.8) is 0 Å². The van der Waals surface area contributed by atoms with Gasteiger partial charge >= 0.3 is 0 Å². The first kappa shape index (κ1) is 21.3. The molecule has 1 unspecified atom stereocenters. The Balaban J connectivity index is 0. The largest absolute Gasteiger partial charge is 0.353 e. The average Bonchev–Trinajstić information content (AvgIpc) is 2.76. The molecule has 6 heteroatoms. The molecule has 4 nitrogen and oxygen atoms in total. The molecule has 0 bridgehead atoms. The zero-order valence-corrected chi connectivity index (χ0v) is 13.9. The van der Waals surface area contributed by atoms with Gasteiger partial charge in [0.1, 0.15) is 0 Å². The van der Waals surface area contributed by atoms with Crippen LogP contribution in [0.1, 0.15) is 46.0 Å². The first-order chi connectivity index (χ1) is 7.99. The van der Waals surface area contributed by atoms with Crippen LogP contribution in [0.25, 0.3) is 0 Å². The van der Waals surface area contributed by atoms with E-state index >= 15 is 0 Å². The fraction of sp³-hybridized carbons (Fsp3) is 0.923. The fourth-order valence-corrected chi connectivity index (χ4v) is 2.29. The second-order valence-electron chi connectivity index (χ2n) is 5.36. The zero-order valence-electron chi connectivity index (χ0n) is 12.3. The van der Waals surface area contributed by atoms with E-state index in [0.717, 1.165) is 38.6 Å². The fourth-order valence-electron chi connectivity index (χ4n) is 2.29. The van der Waals surface area contributed by atoms with E-state index < -0.39 is 5.54 Å². The quantitative estimate of drug-likeness (QED) is 0.788. The molecule has 1 fully saturated rings. The Morgan fingerprint density at radius 1 is 1.37 bits per heavy atom. The Kier molecular flexibility index (Phi) is 11.0. The molecule has 0 radical (unpaired) electrons. The van der Waals surface area contributed by atoms with Gasteiger partial charge in [0.15, 0.2) is 0 Å². The normalized spacial score (nSPS) is 18.4. The summed E-state index contributed by atoms with van der Waals surface area (Å²) in [6, 6.07) is 0.560. The van der Waals surface area contributed by atoms with Crippen molar-refractivity contribution in [2.75, 3.05) is 20.1 Å². The number of hydrogen-bond donors (Lipinski definition) is 2. The highest BCUT2D eigenvalue weighted by atomic mass is 35.5. The summed E-state index contributed by atoms with van der Waals surface area (Å²) in [5.74, 6) is 0.0348. The Hall–Kier alpha value is -0.0300. The molecular weight excluding hydrogens is 285 g/mol. The van der Waals surface area contributed by atoms with Crippen LogP contribution in [0.2, 0.25) is 0 Å². The first-order valence-corrected chi connectivity index (χ1v) is 6.77. The van der Waals surface area contributed by atoms with Gasteiger partial charge in [-0.3, -0.25) is 4.79 Å². The molecule has 1 aliphatic rings. The van der Waals surface area contributed by atoms with Gasteiger partial charge in [-0.25, -0.2) is 0 Å². The summed E-state index contributed by atoms with van der Waals surface area (Å²) in [6.45, 7) is 5.95. The molecule has 1 aliphatic carbocycles. The van der Waals surface area contributed by atoms with E-state index in [9.17, 15) is 4.79 Å². The molecule has 0 aliphatic heterocycles. The van der Waals surface area contributed by atoms with Crippen LogP contribution in [0.5, 0.6) is 0 Å². The minimum atomic E-state index is -0.588. The van der Waals surface area contributed by atoms with Crippen LogP contribution in [-0.2, 0) is 4.79 Å². The van der Waals surface area contributed by atoms with E-state index in [1.807, 2.05) is 0 Å². The lowest BCUT2D eigenvalue weighted by Gasteiger charge is -2.26. The lowest BCUT2D eigenvalue weighted by atomic mass is 9.98. The summed E-state index contributed by atoms with van der Waals surface area (Å²) in [4.78, 5) is 14.2. The Labute approximate surface area is 129 Å². The third kappa shape index (κ3) is 6.30. The summed E-state index contributed by atoms with van der Waals surface area (Å²) in [5.41, 5.74) is 5.49. The van der Waals surface area contributed by atoms with Crippen LogP contribution in [0.3, 0.4) is 0 Å². The summed E-state index contributed by atoms with van der Waals surface area (Å²) in [7, 11) is 2.09. The predicted octanol–water partition coefficient (Wildman–Crippen LogP) is 1.95. The van der Waals surface area contributed by atoms with Gasteiger partial charge < -0.3 is 16.0 Å². The van der Waals surface area contributed by atoms with Crippen molar-refractivity contribution in [2.24, 2.45) is 5.73 Å². The smallest absolute Gasteiger partial charge is 0.240 e. The number of nitrogens with one attached hydrogen (secondary N) is 1. The van der Waals surface area contributed by atoms with Crippen molar-refractivity contribution in [2.45, 2.75) is 57.5 Å². The maximum Gasteiger partial charge on any atom is 0.240 e. The molecule has 0 saturated heterocycles. The topological polar surface area (TPSA) is 58.4 Å². The molecule has 1 saturated carbocycles. The number of rotatable bonds is 6. The predicted molar refractivity (Wildman–Crippen MR) is 85.3 cm³/mol. The number of hydrogen-bond acceptors (Lipinski definition) is 3. The van der Waals surface area contributed by atoms with Crippen LogP contribution >= 0.6 is 24.8 Å². The minimum Gasteiger partial charge on any atom is -0.353 e. The third-order valence-corrected chi connectivity index (χ3v) is 4.04. The highest BCUT2D eigenvalue weighted by Crippen LogP contribution is 2.27.